The van der Waals surface area contributed by atoms with E-state index < -0.39 is 17.7 Å². The smallest absolute Gasteiger partial charge is 0.207 e. The zero-order valence-electron chi connectivity index (χ0n) is 14.2. The normalized spacial score (nSPS) is 21.4. The largest absolute Gasteiger partial charge is 0.485 e. The molecule has 1 aliphatic heterocycles. The van der Waals surface area contributed by atoms with Gasteiger partial charge in [-0.2, -0.15) is 15.5 Å². The summed E-state index contributed by atoms with van der Waals surface area (Å²) in [6.45, 7) is 6.37. The van der Waals surface area contributed by atoms with E-state index in [1.807, 2.05) is 18.7 Å². The third-order valence-corrected chi connectivity index (χ3v) is 4.23. The first-order valence-electron chi connectivity index (χ1n) is 8.03. The molecule has 1 aromatic carbocycles. The van der Waals surface area contributed by atoms with Crippen LogP contribution in [0.4, 0.5) is 0 Å². The first kappa shape index (κ1) is 17.8. The molecule has 0 fully saturated rings. The van der Waals surface area contributed by atoms with Gasteiger partial charge in [0, 0.05) is 12.1 Å². The second-order valence-corrected chi connectivity index (χ2v) is 6.40. The summed E-state index contributed by atoms with van der Waals surface area (Å²) in [6, 6.07) is 6.88. The van der Waals surface area contributed by atoms with Crippen LogP contribution in [0.25, 0.3) is 0 Å². The van der Waals surface area contributed by atoms with Crippen molar-refractivity contribution in [2.45, 2.75) is 51.4 Å². The topological polar surface area (TPSA) is 92.6 Å². The van der Waals surface area contributed by atoms with Gasteiger partial charge < -0.3 is 14.7 Å². The maximum atomic E-state index is 10.9. The van der Waals surface area contributed by atoms with Crippen molar-refractivity contribution in [3.05, 3.63) is 29.3 Å². The Bertz CT molecular complexity index is 700. The lowest BCUT2D eigenvalue weighted by atomic mass is 9.85. The van der Waals surface area contributed by atoms with Crippen molar-refractivity contribution in [1.82, 2.24) is 4.90 Å². The molecule has 24 heavy (non-hydrogen) atoms. The number of aliphatic imine (C=N–C) groups is 1. The molecule has 1 aromatic rings. The van der Waals surface area contributed by atoms with Gasteiger partial charge in [0.2, 0.25) is 6.19 Å². The average molecular weight is 326 g/mol. The van der Waals surface area contributed by atoms with Crippen molar-refractivity contribution in [2.75, 3.05) is 6.54 Å². The van der Waals surface area contributed by atoms with E-state index in [4.69, 9.17) is 10.00 Å². The van der Waals surface area contributed by atoms with Gasteiger partial charge in [-0.15, -0.1) is 0 Å². The van der Waals surface area contributed by atoms with E-state index in [1.165, 1.54) is 6.34 Å². The maximum absolute atomic E-state index is 10.9. The molecular weight excluding hydrogens is 304 g/mol. The standard InChI is InChI=1S/C18H22N4O2/c1-4-5-8-22(12-21-11-20)16-14-9-13(10-19)6-7-15(14)24-18(2,3)17(16)23/h6-7,9,12,16-17,23H,4-5,8H2,1-3H3/t16-,17+/m0/s1. The number of fused-ring (bicyclic) bond motifs is 1. The quantitative estimate of drug-likeness (QED) is 0.510. The van der Waals surface area contributed by atoms with Crippen molar-refractivity contribution in [3.8, 4) is 18.0 Å². The Balaban J connectivity index is 2.53. The number of benzene rings is 1. The summed E-state index contributed by atoms with van der Waals surface area (Å²) < 4.78 is 5.92. The van der Waals surface area contributed by atoms with Crippen molar-refractivity contribution in [3.63, 3.8) is 0 Å². The lowest BCUT2D eigenvalue weighted by Crippen LogP contribution is -2.53. The molecule has 1 aliphatic rings. The molecule has 0 radical (unpaired) electrons. The van der Waals surface area contributed by atoms with Gasteiger partial charge in [-0.3, -0.25) is 0 Å². The highest BCUT2D eigenvalue weighted by atomic mass is 16.5. The minimum Gasteiger partial charge on any atom is -0.485 e. The molecule has 0 saturated carbocycles. The molecule has 6 nitrogen and oxygen atoms in total. The Morgan fingerprint density at radius 3 is 2.79 bits per heavy atom. The van der Waals surface area contributed by atoms with Gasteiger partial charge in [0.05, 0.1) is 17.7 Å². The lowest BCUT2D eigenvalue weighted by Gasteiger charge is -2.45. The molecule has 0 spiro atoms. The summed E-state index contributed by atoms with van der Waals surface area (Å²) in [4.78, 5) is 5.55. The number of unbranched alkanes of at least 4 members (excludes halogenated alkanes) is 1. The number of ether oxygens (including phenoxy) is 1. The first-order valence-corrected chi connectivity index (χ1v) is 8.03. The highest BCUT2D eigenvalue weighted by Gasteiger charge is 2.45. The van der Waals surface area contributed by atoms with Gasteiger partial charge in [0.25, 0.3) is 0 Å². The summed E-state index contributed by atoms with van der Waals surface area (Å²) in [5.74, 6) is 0.640. The van der Waals surface area contributed by atoms with E-state index in [9.17, 15) is 10.4 Å². The van der Waals surface area contributed by atoms with Crippen LogP contribution in [-0.2, 0) is 0 Å². The van der Waals surface area contributed by atoms with Gasteiger partial charge in [-0.1, -0.05) is 13.3 Å². The minimum absolute atomic E-state index is 0.430. The average Bonchev–Trinajstić information content (AvgIpc) is 2.56. The fourth-order valence-electron chi connectivity index (χ4n) is 2.91. The molecule has 2 atom stereocenters. The van der Waals surface area contributed by atoms with Crippen molar-refractivity contribution in [1.29, 1.82) is 10.5 Å². The molecule has 0 amide bonds. The molecule has 2 rings (SSSR count). The van der Waals surface area contributed by atoms with Crippen molar-refractivity contribution in [2.24, 2.45) is 4.99 Å². The molecule has 0 saturated heterocycles. The highest BCUT2D eigenvalue weighted by molar-refractivity contribution is 5.59. The molecule has 0 unspecified atom stereocenters. The summed E-state index contributed by atoms with van der Waals surface area (Å²) in [7, 11) is 0. The number of hydrogen-bond acceptors (Lipinski definition) is 5. The SMILES string of the molecule is CCCCN(C=NC#N)[C@H]1c2cc(C#N)ccc2OC(C)(C)[C@@H]1O. The summed E-state index contributed by atoms with van der Waals surface area (Å²) in [5.41, 5.74) is 0.444. The van der Waals surface area contributed by atoms with Crippen LogP contribution in [0.15, 0.2) is 23.2 Å². The maximum Gasteiger partial charge on any atom is 0.207 e. The second kappa shape index (κ2) is 7.33. The Labute approximate surface area is 142 Å². The van der Waals surface area contributed by atoms with E-state index >= 15 is 0 Å². The molecular formula is C18H22N4O2. The molecule has 0 bridgehead atoms. The van der Waals surface area contributed by atoms with Crippen LogP contribution >= 0.6 is 0 Å². The Morgan fingerprint density at radius 2 is 2.17 bits per heavy atom. The summed E-state index contributed by atoms with van der Waals surface area (Å²) >= 11 is 0. The fourth-order valence-corrected chi connectivity index (χ4v) is 2.91. The zero-order chi connectivity index (χ0) is 17.7. The summed E-state index contributed by atoms with van der Waals surface area (Å²) in [5, 5.41) is 28.8. The first-order chi connectivity index (χ1) is 11.4. The van der Waals surface area contributed by atoms with Crippen LogP contribution in [0.2, 0.25) is 0 Å². The Morgan fingerprint density at radius 1 is 1.42 bits per heavy atom. The fraction of sp³-hybridized carbons (Fsp3) is 0.500. The van der Waals surface area contributed by atoms with Crippen LogP contribution < -0.4 is 4.74 Å². The van der Waals surface area contributed by atoms with E-state index in [0.29, 0.717) is 17.9 Å². The highest BCUT2D eigenvalue weighted by Crippen LogP contribution is 2.42. The molecule has 126 valence electrons. The van der Waals surface area contributed by atoms with Crippen LogP contribution in [0.5, 0.6) is 5.75 Å². The van der Waals surface area contributed by atoms with E-state index in [-0.39, 0.29) is 0 Å². The van der Waals surface area contributed by atoms with Crippen LogP contribution in [0, 0.1) is 22.8 Å². The van der Waals surface area contributed by atoms with Crippen LogP contribution in [-0.4, -0.2) is 34.6 Å². The van der Waals surface area contributed by atoms with Gasteiger partial charge in [0.1, 0.15) is 23.8 Å². The number of aliphatic hydroxyl groups is 1. The number of nitriles is 2. The molecule has 0 aromatic heterocycles. The van der Waals surface area contributed by atoms with E-state index in [2.05, 4.69) is 18.0 Å². The number of rotatable bonds is 5. The Kier molecular flexibility index (Phi) is 5.43. The molecule has 1 N–H and O–H groups in total. The van der Waals surface area contributed by atoms with Crippen molar-refractivity contribution < 1.29 is 9.84 Å². The minimum atomic E-state index is -0.832. The molecule has 0 aliphatic carbocycles. The van der Waals surface area contributed by atoms with E-state index in [0.717, 1.165) is 18.4 Å². The van der Waals surface area contributed by atoms with Gasteiger partial charge in [-0.05, 0) is 38.5 Å². The monoisotopic (exact) mass is 326 g/mol. The molecule has 6 heteroatoms. The third-order valence-electron chi connectivity index (χ3n) is 4.23. The number of hydrogen-bond donors (Lipinski definition) is 1. The number of nitrogens with zero attached hydrogens (tertiary/aromatic N) is 4. The third kappa shape index (κ3) is 3.50. The van der Waals surface area contributed by atoms with Gasteiger partial charge >= 0.3 is 0 Å². The zero-order valence-corrected chi connectivity index (χ0v) is 14.2. The van der Waals surface area contributed by atoms with Gasteiger partial charge in [-0.25, -0.2) is 0 Å². The summed E-state index contributed by atoms with van der Waals surface area (Å²) in [6.07, 6.45) is 4.27. The van der Waals surface area contributed by atoms with Crippen LogP contribution in [0.1, 0.15) is 50.8 Å². The second-order valence-electron chi connectivity index (χ2n) is 6.40. The molecule has 1 heterocycles. The van der Waals surface area contributed by atoms with E-state index in [1.54, 1.807) is 24.4 Å². The van der Waals surface area contributed by atoms with Crippen molar-refractivity contribution >= 4 is 6.34 Å². The van der Waals surface area contributed by atoms with Gasteiger partial charge in [0.15, 0.2) is 0 Å². The Hall–Kier alpha value is -2.57. The lowest BCUT2D eigenvalue weighted by molar-refractivity contribution is -0.0809. The number of aliphatic hydroxyl groups excluding tert-OH is 1. The predicted molar refractivity (Wildman–Crippen MR) is 90.3 cm³/mol. The predicted octanol–water partition coefficient (Wildman–Crippen LogP) is 2.74. The van der Waals surface area contributed by atoms with Crippen LogP contribution in [0.3, 0.4) is 0 Å².